The summed E-state index contributed by atoms with van der Waals surface area (Å²) >= 11 is 1.50. The fourth-order valence-corrected chi connectivity index (χ4v) is 4.87. The summed E-state index contributed by atoms with van der Waals surface area (Å²) in [7, 11) is 0. The van der Waals surface area contributed by atoms with Crippen molar-refractivity contribution in [2.24, 2.45) is 5.92 Å². The van der Waals surface area contributed by atoms with Gasteiger partial charge in [-0.05, 0) is 17.0 Å². The molecule has 126 valence electrons. The third-order valence-corrected chi connectivity index (χ3v) is 6.29. The summed E-state index contributed by atoms with van der Waals surface area (Å²) in [5.74, 6) is 0.661. The molecule has 1 aromatic heterocycles. The Kier molecular flexibility index (Phi) is 4.39. The van der Waals surface area contributed by atoms with Crippen LogP contribution >= 0.6 is 11.3 Å². The van der Waals surface area contributed by atoms with Crippen molar-refractivity contribution in [3.05, 3.63) is 58.3 Å². The number of benzene rings is 1. The molecule has 2 aromatic rings. The molecule has 0 bridgehead atoms. The standard InChI is InChI=1S/C19H22N2O2S/c22-13-16-15(14-5-2-1-3-6-14)11-20-8-9-21(12-17(16)20)19(23)18-7-4-10-24-18/h1-7,10,15-17,22H,8-9,11-13H2/t15-,16-,17+/m0/s1. The van der Waals surface area contributed by atoms with Crippen molar-refractivity contribution in [2.75, 3.05) is 32.8 Å². The number of hydrogen-bond acceptors (Lipinski definition) is 4. The van der Waals surface area contributed by atoms with Crippen LogP contribution in [0.5, 0.6) is 0 Å². The lowest BCUT2D eigenvalue weighted by Gasteiger charge is -2.39. The second-order valence-electron chi connectivity index (χ2n) is 6.65. The molecular formula is C19H22N2O2S. The molecule has 2 fully saturated rings. The minimum atomic E-state index is 0.129. The Labute approximate surface area is 146 Å². The number of aliphatic hydroxyl groups excluding tert-OH is 1. The number of carbonyl (C=O) groups excluding carboxylic acids is 1. The number of amides is 1. The maximum atomic E-state index is 12.7. The van der Waals surface area contributed by atoms with E-state index in [0.717, 1.165) is 24.5 Å². The van der Waals surface area contributed by atoms with E-state index >= 15 is 0 Å². The topological polar surface area (TPSA) is 43.8 Å². The first-order valence-electron chi connectivity index (χ1n) is 8.50. The summed E-state index contributed by atoms with van der Waals surface area (Å²) in [6.45, 7) is 3.52. The average molecular weight is 342 g/mol. The molecule has 0 spiro atoms. The Balaban J connectivity index is 1.53. The average Bonchev–Trinajstić information content (AvgIpc) is 3.28. The third-order valence-electron chi connectivity index (χ3n) is 5.43. The Morgan fingerprint density at radius 3 is 2.67 bits per heavy atom. The maximum Gasteiger partial charge on any atom is 0.264 e. The molecule has 4 rings (SSSR count). The molecule has 1 N–H and O–H groups in total. The van der Waals surface area contributed by atoms with Crippen molar-refractivity contribution in [1.82, 2.24) is 9.80 Å². The zero-order chi connectivity index (χ0) is 16.5. The number of rotatable bonds is 3. The van der Waals surface area contributed by atoms with Crippen LogP contribution in [0, 0.1) is 5.92 Å². The molecule has 0 aliphatic carbocycles. The number of aliphatic hydroxyl groups is 1. The van der Waals surface area contributed by atoms with Crippen molar-refractivity contribution in [3.63, 3.8) is 0 Å². The smallest absolute Gasteiger partial charge is 0.264 e. The highest BCUT2D eigenvalue weighted by atomic mass is 32.1. The van der Waals surface area contributed by atoms with Gasteiger partial charge in [0.2, 0.25) is 0 Å². The number of hydrogen-bond donors (Lipinski definition) is 1. The molecule has 0 saturated carbocycles. The highest BCUT2D eigenvalue weighted by molar-refractivity contribution is 7.12. The van der Waals surface area contributed by atoms with Gasteiger partial charge in [0.1, 0.15) is 0 Å². The van der Waals surface area contributed by atoms with Gasteiger partial charge in [-0.2, -0.15) is 0 Å². The van der Waals surface area contributed by atoms with Crippen LogP contribution in [0.4, 0.5) is 0 Å². The number of piperazine rings is 1. The zero-order valence-corrected chi connectivity index (χ0v) is 14.4. The minimum Gasteiger partial charge on any atom is -0.396 e. The van der Waals surface area contributed by atoms with Gasteiger partial charge < -0.3 is 10.0 Å². The molecule has 0 unspecified atom stereocenters. The van der Waals surface area contributed by atoms with Crippen LogP contribution < -0.4 is 0 Å². The number of fused-ring (bicyclic) bond motifs is 1. The first kappa shape index (κ1) is 15.8. The summed E-state index contributed by atoms with van der Waals surface area (Å²) < 4.78 is 0. The molecule has 24 heavy (non-hydrogen) atoms. The van der Waals surface area contributed by atoms with Crippen LogP contribution in [-0.4, -0.2) is 59.6 Å². The van der Waals surface area contributed by atoms with E-state index < -0.39 is 0 Å². The van der Waals surface area contributed by atoms with Gasteiger partial charge in [0.05, 0.1) is 4.88 Å². The van der Waals surface area contributed by atoms with Crippen LogP contribution in [0.15, 0.2) is 47.8 Å². The van der Waals surface area contributed by atoms with Crippen LogP contribution in [0.3, 0.4) is 0 Å². The van der Waals surface area contributed by atoms with Crippen molar-refractivity contribution < 1.29 is 9.90 Å². The van der Waals surface area contributed by atoms with E-state index in [9.17, 15) is 9.90 Å². The number of thiophene rings is 1. The molecule has 5 heteroatoms. The fraction of sp³-hybridized carbons (Fsp3) is 0.421. The fourth-order valence-electron chi connectivity index (χ4n) is 4.18. The third kappa shape index (κ3) is 2.77. The Bertz CT molecular complexity index is 689. The van der Waals surface area contributed by atoms with Gasteiger partial charge in [-0.25, -0.2) is 0 Å². The van der Waals surface area contributed by atoms with E-state index in [0.29, 0.717) is 12.5 Å². The van der Waals surface area contributed by atoms with Gasteiger partial charge in [0.25, 0.3) is 5.91 Å². The van der Waals surface area contributed by atoms with Crippen LogP contribution in [0.1, 0.15) is 21.2 Å². The number of nitrogens with zero attached hydrogens (tertiary/aromatic N) is 2. The van der Waals surface area contributed by atoms with Gasteiger partial charge in [0.15, 0.2) is 0 Å². The van der Waals surface area contributed by atoms with Gasteiger partial charge in [-0.3, -0.25) is 9.69 Å². The molecule has 0 radical (unpaired) electrons. The largest absolute Gasteiger partial charge is 0.396 e. The van der Waals surface area contributed by atoms with E-state index in [1.165, 1.54) is 16.9 Å². The van der Waals surface area contributed by atoms with E-state index in [4.69, 9.17) is 0 Å². The lowest BCUT2D eigenvalue weighted by atomic mass is 9.85. The van der Waals surface area contributed by atoms with E-state index in [1.807, 2.05) is 28.5 Å². The molecule has 2 saturated heterocycles. The molecule has 2 aliphatic heterocycles. The lowest BCUT2D eigenvalue weighted by Crippen LogP contribution is -2.54. The van der Waals surface area contributed by atoms with E-state index in [-0.39, 0.29) is 24.5 Å². The molecule has 4 nitrogen and oxygen atoms in total. The summed E-state index contributed by atoms with van der Waals surface area (Å²) in [6, 6.07) is 14.5. The lowest BCUT2D eigenvalue weighted by molar-refractivity contribution is 0.0480. The predicted octanol–water partition coefficient (Wildman–Crippen LogP) is 2.28. The van der Waals surface area contributed by atoms with Gasteiger partial charge in [-0.15, -0.1) is 11.3 Å². The molecule has 1 aromatic carbocycles. The Morgan fingerprint density at radius 1 is 1.12 bits per heavy atom. The van der Waals surface area contributed by atoms with Gasteiger partial charge in [0, 0.05) is 50.7 Å². The Hall–Kier alpha value is -1.69. The van der Waals surface area contributed by atoms with Crippen LogP contribution in [-0.2, 0) is 0 Å². The summed E-state index contributed by atoms with van der Waals surface area (Å²) in [6.07, 6.45) is 0. The van der Waals surface area contributed by atoms with Crippen LogP contribution in [0.25, 0.3) is 0 Å². The predicted molar refractivity (Wildman–Crippen MR) is 95.3 cm³/mol. The highest BCUT2D eigenvalue weighted by Gasteiger charge is 2.45. The van der Waals surface area contributed by atoms with Crippen molar-refractivity contribution in [3.8, 4) is 0 Å². The second-order valence-corrected chi connectivity index (χ2v) is 7.60. The Morgan fingerprint density at radius 2 is 1.96 bits per heavy atom. The minimum absolute atomic E-state index is 0.129. The maximum absolute atomic E-state index is 12.7. The molecule has 1 amide bonds. The summed E-state index contributed by atoms with van der Waals surface area (Å²) in [5.41, 5.74) is 1.29. The SMILES string of the molecule is O=C(c1cccs1)N1CCN2C[C@@H](c3ccccc3)[C@H](CO)[C@H]2C1. The van der Waals surface area contributed by atoms with Crippen LogP contribution in [0.2, 0.25) is 0 Å². The highest BCUT2D eigenvalue weighted by Crippen LogP contribution is 2.38. The van der Waals surface area contributed by atoms with Crippen molar-refractivity contribution in [1.29, 1.82) is 0 Å². The molecular weight excluding hydrogens is 320 g/mol. The van der Waals surface area contributed by atoms with E-state index in [2.05, 4.69) is 29.2 Å². The normalized spacial score (nSPS) is 27.2. The zero-order valence-electron chi connectivity index (χ0n) is 13.5. The van der Waals surface area contributed by atoms with Gasteiger partial charge >= 0.3 is 0 Å². The number of carbonyl (C=O) groups is 1. The van der Waals surface area contributed by atoms with E-state index in [1.54, 1.807) is 0 Å². The van der Waals surface area contributed by atoms with Crippen molar-refractivity contribution in [2.45, 2.75) is 12.0 Å². The first-order chi connectivity index (χ1) is 11.8. The molecule has 2 aliphatic rings. The van der Waals surface area contributed by atoms with Gasteiger partial charge in [-0.1, -0.05) is 36.4 Å². The monoisotopic (exact) mass is 342 g/mol. The van der Waals surface area contributed by atoms with Crippen molar-refractivity contribution >= 4 is 17.2 Å². The summed E-state index contributed by atoms with van der Waals surface area (Å²) in [5, 5.41) is 12.0. The summed E-state index contributed by atoms with van der Waals surface area (Å²) in [4.78, 5) is 17.9. The second kappa shape index (κ2) is 6.67. The quantitative estimate of drug-likeness (QED) is 0.931. The molecule has 3 atom stereocenters. The molecule has 3 heterocycles. The first-order valence-corrected chi connectivity index (χ1v) is 9.38.